The molecule has 1 heterocycles. The minimum absolute atomic E-state index is 0.00241. The molecule has 136 valence electrons. The lowest BCUT2D eigenvalue weighted by molar-refractivity contribution is -0.120. The molecule has 1 aromatic carbocycles. The van der Waals surface area contributed by atoms with Crippen molar-refractivity contribution in [3.8, 4) is 0 Å². The summed E-state index contributed by atoms with van der Waals surface area (Å²) in [6, 6.07) is 5.00. The fourth-order valence-corrected chi connectivity index (χ4v) is 4.35. The molecule has 8 heteroatoms. The molecule has 0 saturated carbocycles. The molecule has 0 aliphatic carbocycles. The van der Waals surface area contributed by atoms with E-state index in [1.165, 1.54) is 29.2 Å². The summed E-state index contributed by atoms with van der Waals surface area (Å²) in [5, 5.41) is 11.4. The molecule has 1 amide bonds. The lowest BCUT2D eigenvalue weighted by atomic mass is 9.99. The average molecular weight is 446 g/mol. The highest BCUT2D eigenvalue weighted by atomic mass is 79.9. The molecule has 0 radical (unpaired) electrons. The second-order valence-corrected chi connectivity index (χ2v) is 8.75. The van der Waals surface area contributed by atoms with Gasteiger partial charge in [0.05, 0.1) is 0 Å². The molecule has 1 atom stereocenters. The molecular weight excluding hydrogens is 425 g/mol. The van der Waals surface area contributed by atoms with E-state index in [1.807, 2.05) is 13.0 Å². The van der Waals surface area contributed by atoms with Crippen molar-refractivity contribution in [2.75, 3.05) is 5.32 Å². The molecule has 0 bridgehead atoms. The van der Waals surface area contributed by atoms with Gasteiger partial charge in [-0.1, -0.05) is 71.8 Å². The number of thioether (sulfide) groups is 1. The number of carbonyl (C=O) groups excluding carboxylic acids is 1. The molecule has 2 rings (SSSR count). The van der Waals surface area contributed by atoms with Gasteiger partial charge in [-0.2, -0.15) is 0 Å². The molecule has 4 nitrogen and oxygen atoms in total. The van der Waals surface area contributed by atoms with Gasteiger partial charge in [-0.3, -0.25) is 4.79 Å². The minimum Gasteiger partial charge on any atom is -0.300 e. The number of amides is 1. The van der Waals surface area contributed by atoms with Gasteiger partial charge in [-0.15, -0.1) is 10.2 Å². The van der Waals surface area contributed by atoms with Crippen LogP contribution >= 0.6 is 39.0 Å². The SMILES string of the molecule is CCCC[C@H](CC)C(=O)Nc1nnc(SCc2ccc(Br)cc2F)s1. The van der Waals surface area contributed by atoms with Gasteiger partial charge in [0.15, 0.2) is 4.34 Å². The molecule has 0 saturated heterocycles. The quantitative estimate of drug-likeness (QED) is 0.386. The first kappa shape index (κ1) is 20.3. The largest absolute Gasteiger partial charge is 0.300 e. The van der Waals surface area contributed by atoms with Gasteiger partial charge in [0.2, 0.25) is 11.0 Å². The molecule has 0 aliphatic heterocycles. The van der Waals surface area contributed by atoms with Crippen LogP contribution < -0.4 is 5.32 Å². The zero-order valence-electron chi connectivity index (χ0n) is 14.2. The Hall–Kier alpha value is -0.990. The number of hydrogen-bond donors (Lipinski definition) is 1. The average Bonchev–Trinajstić information content (AvgIpc) is 3.02. The number of rotatable bonds is 9. The van der Waals surface area contributed by atoms with Crippen LogP contribution in [-0.4, -0.2) is 16.1 Å². The number of anilines is 1. The highest BCUT2D eigenvalue weighted by molar-refractivity contribution is 9.10. The number of aromatic nitrogens is 2. The molecular formula is C17H21BrFN3OS2. The Morgan fingerprint density at radius 3 is 2.88 bits per heavy atom. The van der Waals surface area contributed by atoms with Crippen LogP contribution in [0.15, 0.2) is 27.0 Å². The molecule has 25 heavy (non-hydrogen) atoms. The Morgan fingerprint density at radius 2 is 2.20 bits per heavy atom. The highest BCUT2D eigenvalue weighted by Gasteiger charge is 2.18. The Bertz CT molecular complexity index is 711. The molecule has 2 aromatic rings. The smallest absolute Gasteiger partial charge is 0.229 e. The van der Waals surface area contributed by atoms with Gasteiger partial charge in [0, 0.05) is 16.1 Å². The van der Waals surface area contributed by atoms with Crippen molar-refractivity contribution in [3.63, 3.8) is 0 Å². The van der Waals surface area contributed by atoms with Crippen LogP contribution in [0.2, 0.25) is 0 Å². The van der Waals surface area contributed by atoms with E-state index in [0.717, 1.165) is 25.7 Å². The number of benzene rings is 1. The maximum Gasteiger partial charge on any atom is 0.229 e. The Morgan fingerprint density at radius 1 is 1.40 bits per heavy atom. The van der Waals surface area contributed by atoms with E-state index in [2.05, 4.69) is 38.4 Å². The molecule has 1 N–H and O–H groups in total. The van der Waals surface area contributed by atoms with E-state index in [1.54, 1.807) is 6.07 Å². The lowest BCUT2D eigenvalue weighted by Crippen LogP contribution is -2.22. The summed E-state index contributed by atoms with van der Waals surface area (Å²) in [6.45, 7) is 4.14. The van der Waals surface area contributed by atoms with Crippen LogP contribution in [0.3, 0.4) is 0 Å². The number of unbranched alkanes of at least 4 members (excludes halogenated alkanes) is 1. The maximum absolute atomic E-state index is 13.8. The Labute approximate surface area is 164 Å². The Kier molecular flexibility index (Phi) is 8.32. The summed E-state index contributed by atoms with van der Waals surface area (Å²) < 4.78 is 15.3. The lowest BCUT2D eigenvalue weighted by Gasteiger charge is -2.12. The van der Waals surface area contributed by atoms with Crippen molar-refractivity contribution < 1.29 is 9.18 Å². The number of carbonyl (C=O) groups is 1. The van der Waals surface area contributed by atoms with Crippen molar-refractivity contribution in [3.05, 3.63) is 34.1 Å². The van der Waals surface area contributed by atoms with Crippen LogP contribution in [-0.2, 0) is 10.5 Å². The van der Waals surface area contributed by atoms with E-state index in [-0.39, 0.29) is 17.6 Å². The van der Waals surface area contributed by atoms with Gasteiger partial charge in [0.1, 0.15) is 5.82 Å². The molecule has 0 unspecified atom stereocenters. The Balaban J connectivity index is 1.90. The van der Waals surface area contributed by atoms with E-state index < -0.39 is 0 Å². The second-order valence-electron chi connectivity index (χ2n) is 5.63. The standard InChI is InChI=1S/C17H21BrFN3OS2/c1-3-5-6-11(4-2)15(23)20-16-21-22-17(25-16)24-10-12-7-8-13(18)9-14(12)19/h7-9,11H,3-6,10H2,1-2H3,(H,20,21,23)/t11-/m0/s1. The number of nitrogens with zero attached hydrogens (tertiary/aromatic N) is 2. The number of hydrogen-bond acceptors (Lipinski definition) is 5. The highest BCUT2D eigenvalue weighted by Crippen LogP contribution is 2.30. The number of nitrogens with one attached hydrogen (secondary N) is 1. The van der Waals surface area contributed by atoms with E-state index in [9.17, 15) is 9.18 Å². The maximum atomic E-state index is 13.8. The van der Waals surface area contributed by atoms with Crippen LogP contribution in [0.1, 0.15) is 45.1 Å². The number of halogens is 2. The van der Waals surface area contributed by atoms with E-state index in [0.29, 0.717) is 25.3 Å². The van der Waals surface area contributed by atoms with Gasteiger partial charge in [-0.25, -0.2) is 4.39 Å². The molecule has 0 spiro atoms. The first-order chi connectivity index (χ1) is 12.0. The summed E-state index contributed by atoms with van der Waals surface area (Å²) in [5.41, 5.74) is 0.611. The van der Waals surface area contributed by atoms with Gasteiger partial charge in [0.25, 0.3) is 0 Å². The molecule has 1 aromatic heterocycles. The van der Waals surface area contributed by atoms with Crippen molar-refractivity contribution in [1.29, 1.82) is 0 Å². The summed E-state index contributed by atoms with van der Waals surface area (Å²) >= 11 is 5.97. The fraction of sp³-hybridized carbons (Fsp3) is 0.471. The predicted molar refractivity (Wildman–Crippen MR) is 106 cm³/mol. The van der Waals surface area contributed by atoms with Crippen LogP contribution in [0, 0.1) is 11.7 Å². The van der Waals surface area contributed by atoms with Crippen molar-refractivity contribution in [2.24, 2.45) is 5.92 Å². The third kappa shape index (κ3) is 6.34. The van der Waals surface area contributed by atoms with Crippen molar-refractivity contribution in [2.45, 2.75) is 49.6 Å². The van der Waals surface area contributed by atoms with Gasteiger partial charge in [-0.05, 0) is 30.5 Å². The zero-order chi connectivity index (χ0) is 18.2. The summed E-state index contributed by atoms with van der Waals surface area (Å²) in [6.07, 6.45) is 3.83. The van der Waals surface area contributed by atoms with Crippen LogP contribution in [0.4, 0.5) is 9.52 Å². The summed E-state index contributed by atoms with van der Waals surface area (Å²) in [5.74, 6) is 0.233. The van der Waals surface area contributed by atoms with Crippen molar-refractivity contribution >= 4 is 50.1 Å². The van der Waals surface area contributed by atoms with Crippen molar-refractivity contribution in [1.82, 2.24) is 10.2 Å². The van der Waals surface area contributed by atoms with Crippen LogP contribution in [0.5, 0.6) is 0 Å². The minimum atomic E-state index is -0.248. The molecule has 0 fully saturated rings. The summed E-state index contributed by atoms with van der Waals surface area (Å²) in [7, 11) is 0. The summed E-state index contributed by atoms with van der Waals surface area (Å²) in [4.78, 5) is 12.3. The second kappa shape index (κ2) is 10.2. The zero-order valence-corrected chi connectivity index (χ0v) is 17.4. The van der Waals surface area contributed by atoms with E-state index >= 15 is 0 Å². The predicted octanol–water partition coefficient (Wildman–Crippen LogP) is 5.89. The first-order valence-corrected chi connectivity index (χ1v) is 10.8. The normalized spacial score (nSPS) is 12.2. The monoisotopic (exact) mass is 445 g/mol. The topological polar surface area (TPSA) is 54.9 Å². The van der Waals surface area contributed by atoms with Gasteiger partial charge < -0.3 is 5.32 Å². The van der Waals surface area contributed by atoms with Crippen LogP contribution in [0.25, 0.3) is 0 Å². The fourth-order valence-electron chi connectivity index (χ4n) is 2.28. The van der Waals surface area contributed by atoms with Gasteiger partial charge >= 0.3 is 0 Å². The third-order valence-corrected chi connectivity index (χ3v) is 6.29. The van der Waals surface area contributed by atoms with E-state index in [4.69, 9.17) is 0 Å². The third-order valence-electron chi connectivity index (χ3n) is 3.77. The first-order valence-electron chi connectivity index (χ1n) is 8.24. The molecule has 0 aliphatic rings.